The van der Waals surface area contributed by atoms with Crippen LogP contribution in [0.15, 0.2) is 87.3 Å². The van der Waals surface area contributed by atoms with Gasteiger partial charge in [-0.1, -0.05) is 82.6 Å². The van der Waals surface area contributed by atoms with E-state index in [4.69, 9.17) is 32.7 Å². The van der Waals surface area contributed by atoms with Crippen LogP contribution in [0.5, 0.6) is 0 Å². The van der Waals surface area contributed by atoms with Crippen LogP contribution in [0.3, 0.4) is 0 Å². The lowest BCUT2D eigenvalue weighted by molar-refractivity contribution is 0.391. The van der Waals surface area contributed by atoms with E-state index >= 15 is 0 Å². The van der Waals surface area contributed by atoms with Gasteiger partial charge in [-0.05, 0) is 35.9 Å². The first kappa shape index (κ1) is 21.7. The van der Waals surface area contributed by atoms with Crippen LogP contribution in [-0.2, 0) is 12.3 Å². The number of benzene rings is 3. The van der Waals surface area contributed by atoms with E-state index in [1.54, 1.807) is 28.8 Å². The minimum Gasteiger partial charge on any atom is -0.338 e. The summed E-state index contributed by atoms with van der Waals surface area (Å²) in [6, 6.07) is 22.0. The molecule has 0 fully saturated rings. The largest absolute Gasteiger partial charge is 0.338 e. The Hall–Kier alpha value is -3.13. The lowest BCUT2D eigenvalue weighted by Gasteiger charge is -2.13. The Balaban J connectivity index is 1.47. The predicted molar refractivity (Wildman–Crippen MR) is 131 cm³/mol. The Bertz CT molecular complexity index is 1520. The van der Waals surface area contributed by atoms with E-state index in [9.17, 15) is 4.79 Å². The fourth-order valence-electron chi connectivity index (χ4n) is 3.38. The molecule has 0 aliphatic rings. The van der Waals surface area contributed by atoms with Gasteiger partial charge in [0.05, 0.1) is 23.2 Å². The van der Waals surface area contributed by atoms with Crippen molar-refractivity contribution in [1.29, 1.82) is 0 Å². The highest BCUT2D eigenvalue weighted by atomic mass is 35.5. The van der Waals surface area contributed by atoms with E-state index in [0.717, 1.165) is 11.1 Å². The zero-order valence-electron chi connectivity index (χ0n) is 17.1. The van der Waals surface area contributed by atoms with Crippen molar-refractivity contribution in [3.8, 4) is 11.4 Å². The smallest absolute Gasteiger partial charge is 0.262 e. The van der Waals surface area contributed by atoms with Crippen LogP contribution < -0.4 is 5.56 Å². The van der Waals surface area contributed by atoms with Gasteiger partial charge in [0.2, 0.25) is 11.7 Å². The first-order chi connectivity index (χ1) is 16.1. The van der Waals surface area contributed by atoms with Gasteiger partial charge in [0, 0.05) is 15.6 Å². The van der Waals surface area contributed by atoms with Gasteiger partial charge in [-0.15, -0.1) is 0 Å². The highest BCUT2D eigenvalue weighted by molar-refractivity contribution is 7.98. The van der Waals surface area contributed by atoms with E-state index in [-0.39, 0.29) is 5.56 Å². The molecule has 5 rings (SSSR count). The first-order valence-electron chi connectivity index (χ1n) is 10.0. The monoisotopic (exact) mass is 494 g/mol. The van der Waals surface area contributed by atoms with Crippen molar-refractivity contribution in [1.82, 2.24) is 19.7 Å². The molecule has 0 spiro atoms. The van der Waals surface area contributed by atoms with Crippen molar-refractivity contribution in [2.24, 2.45) is 0 Å². The lowest BCUT2D eigenvalue weighted by Crippen LogP contribution is -2.24. The molecule has 0 unspecified atom stereocenters. The zero-order chi connectivity index (χ0) is 22.8. The minimum absolute atomic E-state index is 0.131. The molecule has 9 heteroatoms. The van der Waals surface area contributed by atoms with Gasteiger partial charge in [-0.25, -0.2) is 4.98 Å². The molecule has 6 nitrogen and oxygen atoms in total. The number of para-hydroxylation sites is 1. The van der Waals surface area contributed by atoms with E-state index in [1.165, 1.54) is 11.8 Å². The average molecular weight is 495 g/mol. The van der Waals surface area contributed by atoms with Crippen molar-refractivity contribution >= 4 is 45.9 Å². The highest BCUT2D eigenvalue weighted by Gasteiger charge is 2.16. The lowest BCUT2D eigenvalue weighted by atomic mass is 10.2. The Morgan fingerprint density at radius 2 is 1.76 bits per heavy atom. The molecule has 0 saturated carbocycles. The minimum atomic E-state index is -0.131. The van der Waals surface area contributed by atoms with Gasteiger partial charge >= 0.3 is 0 Å². The molecular weight excluding hydrogens is 479 g/mol. The van der Waals surface area contributed by atoms with E-state index in [2.05, 4.69) is 10.1 Å². The first-order valence-corrected chi connectivity index (χ1v) is 11.8. The number of halogens is 2. The van der Waals surface area contributed by atoms with Crippen molar-refractivity contribution in [2.75, 3.05) is 0 Å². The van der Waals surface area contributed by atoms with Crippen molar-refractivity contribution in [3.05, 3.63) is 105 Å². The van der Waals surface area contributed by atoms with Crippen molar-refractivity contribution < 1.29 is 4.52 Å². The third-order valence-corrected chi connectivity index (χ3v) is 6.55. The normalized spacial score (nSPS) is 11.2. The van der Waals surface area contributed by atoms with E-state index in [0.29, 0.717) is 50.1 Å². The number of aromatic nitrogens is 4. The van der Waals surface area contributed by atoms with Crippen LogP contribution in [0.2, 0.25) is 10.0 Å². The summed E-state index contributed by atoms with van der Waals surface area (Å²) in [5.41, 5.74) is 2.10. The summed E-state index contributed by atoms with van der Waals surface area (Å²) >= 11 is 13.8. The molecule has 0 radical (unpaired) electrons. The molecule has 2 heterocycles. The molecule has 2 aromatic heterocycles. The maximum atomic E-state index is 13.3. The second kappa shape index (κ2) is 9.39. The zero-order valence-corrected chi connectivity index (χ0v) is 19.4. The third kappa shape index (κ3) is 4.66. The number of fused-ring (bicyclic) bond motifs is 1. The molecule has 33 heavy (non-hydrogen) atoms. The van der Waals surface area contributed by atoms with Crippen molar-refractivity contribution in [3.63, 3.8) is 0 Å². The Kier molecular flexibility index (Phi) is 6.17. The fraction of sp³-hybridized carbons (Fsp3) is 0.0833. The Morgan fingerprint density at radius 3 is 2.61 bits per heavy atom. The Labute approximate surface area is 203 Å². The summed E-state index contributed by atoms with van der Waals surface area (Å²) in [7, 11) is 0. The molecule has 0 amide bonds. The van der Waals surface area contributed by atoms with Gasteiger partial charge in [0.1, 0.15) is 0 Å². The van der Waals surface area contributed by atoms with E-state index in [1.807, 2.05) is 48.5 Å². The summed E-state index contributed by atoms with van der Waals surface area (Å²) in [6.07, 6.45) is 0. The van der Waals surface area contributed by atoms with Crippen molar-refractivity contribution in [2.45, 2.75) is 17.5 Å². The summed E-state index contributed by atoms with van der Waals surface area (Å²) in [5.74, 6) is 1.22. The quantitative estimate of drug-likeness (QED) is 0.210. The average Bonchev–Trinajstić information content (AvgIpc) is 3.30. The predicted octanol–water partition coefficient (Wildman–Crippen LogP) is 6.09. The molecule has 164 valence electrons. The molecule has 3 aromatic carbocycles. The van der Waals surface area contributed by atoms with Crippen LogP contribution in [-0.4, -0.2) is 19.7 Å². The summed E-state index contributed by atoms with van der Waals surface area (Å²) < 4.78 is 7.04. The molecule has 0 N–H and O–H groups in total. The highest BCUT2D eigenvalue weighted by Crippen LogP contribution is 2.26. The SMILES string of the molecule is O=c1c2ccccc2nc(SCc2nc(-c3cccc(Cl)c3)no2)n1Cc1ccccc1Cl. The second-order valence-corrected chi connectivity index (χ2v) is 8.99. The van der Waals surface area contributed by atoms with Gasteiger partial charge in [0.15, 0.2) is 5.16 Å². The van der Waals surface area contributed by atoms with Gasteiger partial charge in [-0.2, -0.15) is 4.98 Å². The van der Waals surface area contributed by atoms with Crippen LogP contribution in [0.25, 0.3) is 22.3 Å². The standard InChI is InChI=1S/C24H16Cl2N4O2S/c25-17-8-5-7-15(12-17)22-28-21(32-29-22)14-33-24-27-20-11-4-2-9-18(20)23(31)30(24)13-16-6-1-3-10-19(16)26/h1-12H,13-14H2. The third-order valence-electron chi connectivity index (χ3n) is 4.99. The summed E-state index contributed by atoms with van der Waals surface area (Å²) in [4.78, 5) is 22.5. The molecule has 0 bridgehead atoms. The number of rotatable bonds is 6. The Morgan fingerprint density at radius 1 is 0.939 bits per heavy atom. The molecule has 0 atom stereocenters. The van der Waals surface area contributed by atoms with Gasteiger partial charge in [0.25, 0.3) is 5.56 Å². The van der Waals surface area contributed by atoms with Crippen LogP contribution in [0, 0.1) is 0 Å². The number of hydrogen-bond donors (Lipinski definition) is 0. The van der Waals surface area contributed by atoms with Crippen LogP contribution >= 0.6 is 35.0 Å². The fourth-order valence-corrected chi connectivity index (χ4v) is 4.60. The molecular formula is C24H16Cl2N4O2S. The van der Waals surface area contributed by atoms with Crippen LogP contribution in [0.1, 0.15) is 11.5 Å². The number of hydrogen-bond acceptors (Lipinski definition) is 6. The van der Waals surface area contributed by atoms with Gasteiger partial charge in [-0.3, -0.25) is 9.36 Å². The summed E-state index contributed by atoms with van der Waals surface area (Å²) in [6.45, 7) is 0.302. The second-order valence-electron chi connectivity index (χ2n) is 7.20. The van der Waals surface area contributed by atoms with E-state index < -0.39 is 0 Å². The maximum absolute atomic E-state index is 13.3. The number of nitrogens with zero attached hydrogens (tertiary/aromatic N) is 4. The molecule has 0 aliphatic carbocycles. The topological polar surface area (TPSA) is 73.8 Å². The van der Waals surface area contributed by atoms with Gasteiger partial charge < -0.3 is 4.52 Å². The molecule has 5 aromatic rings. The summed E-state index contributed by atoms with van der Waals surface area (Å²) in [5, 5.41) is 6.33. The van der Waals surface area contributed by atoms with Crippen LogP contribution in [0.4, 0.5) is 0 Å². The maximum Gasteiger partial charge on any atom is 0.262 e. The molecule has 0 aliphatic heterocycles. The molecule has 0 saturated heterocycles. The number of thioether (sulfide) groups is 1.